The molecule has 0 bridgehead atoms. The normalized spacial score (nSPS) is 30.8. The molecule has 120 valence electrons. The molecule has 1 heterocycles. The summed E-state index contributed by atoms with van der Waals surface area (Å²) in [5.41, 5.74) is 0. The van der Waals surface area contributed by atoms with Crippen molar-refractivity contribution in [2.75, 3.05) is 13.1 Å². The average Bonchev–Trinajstić information content (AvgIpc) is 2.48. The second-order valence-corrected chi connectivity index (χ2v) is 6.44. The molecule has 0 aromatic carbocycles. The van der Waals surface area contributed by atoms with Crippen molar-refractivity contribution in [3.8, 4) is 0 Å². The average molecular weight is 296 g/mol. The van der Waals surface area contributed by atoms with Gasteiger partial charge in [-0.05, 0) is 58.0 Å². The Labute approximate surface area is 127 Å². The molecule has 5 nitrogen and oxygen atoms in total. The minimum atomic E-state index is -0.693. The van der Waals surface area contributed by atoms with E-state index in [2.05, 4.69) is 17.1 Å². The number of hydrogen-bond donors (Lipinski definition) is 2. The quantitative estimate of drug-likeness (QED) is 0.814. The lowest BCUT2D eigenvalue weighted by atomic mass is 9.86. The Morgan fingerprint density at radius 3 is 2.48 bits per heavy atom. The Morgan fingerprint density at radius 2 is 1.86 bits per heavy atom. The Morgan fingerprint density at radius 1 is 1.14 bits per heavy atom. The van der Waals surface area contributed by atoms with Crippen LogP contribution in [-0.4, -0.2) is 47.1 Å². The van der Waals surface area contributed by atoms with Crippen LogP contribution in [0.1, 0.15) is 58.3 Å². The van der Waals surface area contributed by atoms with Crippen LogP contribution in [0.3, 0.4) is 0 Å². The van der Waals surface area contributed by atoms with Crippen LogP contribution in [0.15, 0.2) is 0 Å². The Hall–Kier alpha value is -1.10. The maximum absolute atomic E-state index is 12.5. The summed E-state index contributed by atoms with van der Waals surface area (Å²) >= 11 is 0. The van der Waals surface area contributed by atoms with Crippen LogP contribution in [0.2, 0.25) is 0 Å². The van der Waals surface area contributed by atoms with Crippen molar-refractivity contribution >= 4 is 11.9 Å². The van der Waals surface area contributed by atoms with Gasteiger partial charge in [-0.15, -0.1) is 0 Å². The van der Waals surface area contributed by atoms with Crippen molar-refractivity contribution in [1.29, 1.82) is 0 Å². The van der Waals surface area contributed by atoms with Crippen LogP contribution in [0.4, 0.5) is 0 Å². The number of carboxylic acid groups (broad SMARTS) is 1. The molecule has 1 saturated heterocycles. The first-order valence-corrected chi connectivity index (χ1v) is 8.39. The number of piperidine rings is 1. The van der Waals surface area contributed by atoms with Gasteiger partial charge in [0.25, 0.3) is 0 Å². The molecule has 1 atom stereocenters. The highest BCUT2D eigenvalue weighted by molar-refractivity contribution is 5.82. The van der Waals surface area contributed by atoms with Crippen molar-refractivity contribution in [3.63, 3.8) is 0 Å². The molecule has 2 rings (SSSR count). The van der Waals surface area contributed by atoms with Gasteiger partial charge in [0.15, 0.2) is 0 Å². The highest BCUT2D eigenvalue weighted by Crippen LogP contribution is 2.25. The molecule has 2 aliphatic rings. The van der Waals surface area contributed by atoms with E-state index in [0.717, 1.165) is 45.2 Å². The van der Waals surface area contributed by atoms with Crippen molar-refractivity contribution in [1.82, 2.24) is 10.2 Å². The maximum Gasteiger partial charge on any atom is 0.306 e. The highest BCUT2D eigenvalue weighted by atomic mass is 16.4. The number of likely N-dealkylation sites (tertiary alicyclic amines) is 1. The fourth-order valence-corrected chi connectivity index (χ4v) is 3.62. The van der Waals surface area contributed by atoms with E-state index in [-0.39, 0.29) is 23.9 Å². The van der Waals surface area contributed by atoms with Crippen LogP contribution in [0, 0.1) is 5.92 Å². The summed E-state index contributed by atoms with van der Waals surface area (Å²) in [5, 5.41) is 12.2. The molecule has 0 spiro atoms. The Kier molecular flexibility index (Phi) is 6.03. The third kappa shape index (κ3) is 4.43. The SMILES string of the molecule is CCCN1CCCC[C@H]1C(=O)NC1CCC(C(=O)O)CC1. The molecule has 0 radical (unpaired) electrons. The summed E-state index contributed by atoms with van der Waals surface area (Å²) in [7, 11) is 0. The van der Waals surface area contributed by atoms with E-state index < -0.39 is 5.97 Å². The lowest BCUT2D eigenvalue weighted by Gasteiger charge is -2.36. The number of amides is 1. The standard InChI is InChI=1S/C16H28N2O3/c1-2-10-18-11-4-3-5-14(18)15(19)17-13-8-6-12(7-9-13)16(20)21/h12-14H,2-11H2,1H3,(H,17,19)(H,20,21)/t12?,13?,14-/m0/s1. The second kappa shape index (κ2) is 7.78. The summed E-state index contributed by atoms with van der Waals surface area (Å²) in [6.07, 6.45) is 7.31. The van der Waals surface area contributed by atoms with Crippen LogP contribution < -0.4 is 5.32 Å². The third-order valence-electron chi connectivity index (χ3n) is 4.85. The van der Waals surface area contributed by atoms with Gasteiger partial charge in [-0.3, -0.25) is 14.5 Å². The van der Waals surface area contributed by atoms with Crippen molar-refractivity contribution in [2.24, 2.45) is 5.92 Å². The van der Waals surface area contributed by atoms with Gasteiger partial charge >= 0.3 is 5.97 Å². The minimum Gasteiger partial charge on any atom is -0.481 e. The molecule has 1 amide bonds. The second-order valence-electron chi connectivity index (χ2n) is 6.44. The van der Waals surface area contributed by atoms with Gasteiger partial charge in [-0.1, -0.05) is 13.3 Å². The van der Waals surface area contributed by atoms with E-state index >= 15 is 0 Å². The summed E-state index contributed by atoms with van der Waals surface area (Å²) < 4.78 is 0. The number of carboxylic acids is 1. The largest absolute Gasteiger partial charge is 0.481 e. The zero-order valence-electron chi connectivity index (χ0n) is 13.0. The number of carbonyl (C=O) groups excluding carboxylic acids is 1. The Balaban J connectivity index is 1.82. The van der Waals surface area contributed by atoms with Gasteiger partial charge in [0, 0.05) is 6.04 Å². The number of carbonyl (C=O) groups is 2. The fourth-order valence-electron chi connectivity index (χ4n) is 3.62. The van der Waals surface area contributed by atoms with Crippen LogP contribution in [0.25, 0.3) is 0 Å². The van der Waals surface area contributed by atoms with Gasteiger partial charge in [-0.25, -0.2) is 0 Å². The van der Waals surface area contributed by atoms with Gasteiger partial charge < -0.3 is 10.4 Å². The monoisotopic (exact) mass is 296 g/mol. The number of rotatable bonds is 5. The topological polar surface area (TPSA) is 69.6 Å². The van der Waals surface area contributed by atoms with Crippen molar-refractivity contribution < 1.29 is 14.7 Å². The molecule has 1 aliphatic heterocycles. The molecular weight excluding hydrogens is 268 g/mol. The number of nitrogens with one attached hydrogen (secondary N) is 1. The van der Waals surface area contributed by atoms with E-state index in [0.29, 0.717) is 12.8 Å². The van der Waals surface area contributed by atoms with Gasteiger partial charge in [0.1, 0.15) is 0 Å². The third-order valence-corrected chi connectivity index (χ3v) is 4.85. The van der Waals surface area contributed by atoms with Gasteiger partial charge in [0.05, 0.1) is 12.0 Å². The summed E-state index contributed by atoms with van der Waals surface area (Å²) in [6, 6.07) is 0.189. The molecule has 0 aromatic rings. The van der Waals surface area contributed by atoms with E-state index in [4.69, 9.17) is 5.11 Å². The van der Waals surface area contributed by atoms with Crippen LogP contribution in [-0.2, 0) is 9.59 Å². The molecular formula is C16H28N2O3. The lowest BCUT2D eigenvalue weighted by Crippen LogP contribution is -2.52. The number of hydrogen-bond acceptors (Lipinski definition) is 3. The molecule has 5 heteroatoms. The predicted octanol–water partition coefficient (Wildman–Crippen LogP) is 2.01. The summed E-state index contributed by atoms with van der Waals surface area (Å²) in [6.45, 7) is 4.16. The molecule has 2 N–H and O–H groups in total. The lowest BCUT2D eigenvalue weighted by molar-refractivity contribution is -0.142. The number of aliphatic carboxylic acids is 1. The smallest absolute Gasteiger partial charge is 0.306 e. The Bertz CT molecular complexity index is 363. The molecule has 2 fully saturated rings. The van der Waals surface area contributed by atoms with Crippen molar-refractivity contribution in [3.05, 3.63) is 0 Å². The summed E-state index contributed by atoms with van der Waals surface area (Å²) in [5.74, 6) is -0.757. The fraction of sp³-hybridized carbons (Fsp3) is 0.875. The van der Waals surface area contributed by atoms with E-state index in [9.17, 15) is 9.59 Å². The minimum absolute atomic E-state index is 0.0240. The van der Waals surface area contributed by atoms with E-state index in [1.807, 2.05) is 0 Å². The van der Waals surface area contributed by atoms with Gasteiger partial charge in [0.2, 0.25) is 5.91 Å². The highest BCUT2D eigenvalue weighted by Gasteiger charge is 2.31. The van der Waals surface area contributed by atoms with Crippen molar-refractivity contribution in [2.45, 2.75) is 70.4 Å². The van der Waals surface area contributed by atoms with Crippen LogP contribution >= 0.6 is 0 Å². The van der Waals surface area contributed by atoms with E-state index in [1.54, 1.807) is 0 Å². The first kappa shape index (κ1) is 16.3. The zero-order chi connectivity index (χ0) is 15.2. The molecule has 1 aliphatic carbocycles. The van der Waals surface area contributed by atoms with E-state index in [1.165, 1.54) is 6.42 Å². The summed E-state index contributed by atoms with van der Waals surface area (Å²) in [4.78, 5) is 25.8. The van der Waals surface area contributed by atoms with Gasteiger partial charge in [-0.2, -0.15) is 0 Å². The zero-order valence-corrected chi connectivity index (χ0v) is 13.0. The molecule has 0 aromatic heterocycles. The number of nitrogens with zero attached hydrogens (tertiary/aromatic N) is 1. The molecule has 0 unspecified atom stereocenters. The molecule has 21 heavy (non-hydrogen) atoms. The predicted molar refractivity (Wildman–Crippen MR) is 81.0 cm³/mol. The first-order valence-electron chi connectivity index (χ1n) is 8.39. The first-order chi connectivity index (χ1) is 10.1. The maximum atomic E-state index is 12.5. The van der Waals surface area contributed by atoms with Crippen LogP contribution in [0.5, 0.6) is 0 Å². The molecule has 1 saturated carbocycles.